The molecule has 3 N–H and O–H groups in total. The number of hydrogen-bond acceptors (Lipinski definition) is 3. The molecular formula is C12H16N4. The van der Waals surface area contributed by atoms with Crippen molar-refractivity contribution in [1.29, 1.82) is 0 Å². The van der Waals surface area contributed by atoms with Crippen LogP contribution < -0.4 is 10.6 Å². The fourth-order valence-corrected chi connectivity index (χ4v) is 2.45. The number of nitrogens with zero attached hydrogens (tertiary/aromatic N) is 2. The maximum Gasteiger partial charge on any atom is 0.139 e. The van der Waals surface area contributed by atoms with Crippen LogP contribution in [0.15, 0.2) is 24.5 Å². The van der Waals surface area contributed by atoms with Gasteiger partial charge in [0.2, 0.25) is 0 Å². The molecule has 0 bridgehead atoms. The summed E-state index contributed by atoms with van der Waals surface area (Å²) < 4.78 is 0. The number of piperidine rings is 1. The van der Waals surface area contributed by atoms with Crippen molar-refractivity contribution in [2.24, 2.45) is 5.73 Å². The van der Waals surface area contributed by atoms with Crippen molar-refractivity contribution in [3.8, 4) is 0 Å². The molecule has 4 heteroatoms. The van der Waals surface area contributed by atoms with Gasteiger partial charge in [-0.1, -0.05) is 0 Å². The van der Waals surface area contributed by atoms with Gasteiger partial charge in [0.1, 0.15) is 5.65 Å². The summed E-state index contributed by atoms with van der Waals surface area (Å²) in [6.45, 7) is 2.04. The summed E-state index contributed by atoms with van der Waals surface area (Å²) in [5, 5.41) is 1.19. The first kappa shape index (κ1) is 9.66. The second kappa shape index (κ2) is 3.79. The molecule has 1 aliphatic heterocycles. The van der Waals surface area contributed by atoms with Crippen LogP contribution in [-0.2, 0) is 0 Å². The number of nitrogens with two attached hydrogens (primary N) is 1. The quantitative estimate of drug-likeness (QED) is 0.759. The first-order valence-electron chi connectivity index (χ1n) is 5.77. The molecule has 4 nitrogen and oxygen atoms in total. The Labute approximate surface area is 94.5 Å². The Balaban J connectivity index is 2.01. The topological polar surface area (TPSA) is 57.9 Å². The first-order valence-corrected chi connectivity index (χ1v) is 5.77. The Bertz CT molecular complexity index is 490. The number of H-pyrrole nitrogens is 1. The van der Waals surface area contributed by atoms with Crippen molar-refractivity contribution in [1.82, 2.24) is 9.97 Å². The first-order chi connectivity index (χ1) is 7.84. The third-order valence-corrected chi connectivity index (χ3v) is 3.24. The molecule has 3 rings (SSSR count). The lowest BCUT2D eigenvalue weighted by Crippen LogP contribution is -2.42. The average Bonchev–Trinajstić information content (AvgIpc) is 2.76. The van der Waals surface area contributed by atoms with E-state index in [4.69, 9.17) is 5.73 Å². The van der Waals surface area contributed by atoms with Crippen molar-refractivity contribution in [2.45, 2.75) is 18.9 Å². The van der Waals surface area contributed by atoms with E-state index in [0.717, 1.165) is 25.2 Å². The molecule has 2 aromatic heterocycles. The molecule has 3 heterocycles. The summed E-state index contributed by atoms with van der Waals surface area (Å²) in [4.78, 5) is 9.81. The van der Waals surface area contributed by atoms with Crippen LogP contribution in [0.2, 0.25) is 0 Å². The molecule has 84 valence electrons. The predicted molar refractivity (Wildman–Crippen MR) is 65.5 cm³/mol. The Morgan fingerprint density at radius 2 is 2.38 bits per heavy atom. The fourth-order valence-electron chi connectivity index (χ4n) is 2.45. The maximum absolute atomic E-state index is 6.02. The van der Waals surface area contributed by atoms with E-state index in [2.05, 4.69) is 27.0 Å². The molecule has 16 heavy (non-hydrogen) atoms. The Morgan fingerprint density at radius 1 is 1.44 bits per heavy atom. The Hall–Kier alpha value is -1.55. The van der Waals surface area contributed by atoms with Gasteiger partial charge in [-0.25, -0.2) is 4.98 Å². The van der Waals surface area contributed by atoms with Crippen molar-refractivity contribution in [3.05, 3.63) is 24.5 Å². The molecule has 0 unspecified atom stereocenters. The number of nitrogens with one attached hydrogen (secondary N) is 1. The van der Waals surface area contributed by atoms with Crippen LogP contribution >= 0.6 is 0 Å². The predicted octanol–water partition coefficient (Wildman–Crippen LogP) is 1.49. The van der Waals surface area contributed by atoms with Gasteiger partial charge in [0.15, 0.2) is 0 Å². The van der Waals surface area contributed by atoms with Crippen molar-refractivity contribution < 1.29 is 0 Å². The summed E-state index contributed by atoms with van der Waals surface area (Å²) in [6.07, 6.45) is 6.10. The zero-order valence-electron chi connectivity index (χ0n) is 9.19. The van der Waals surface area contributed by atoms with Crippen LogP contribution in [-0.4, -0.2) is 29.1 Å². The normalized spacial score (nSPS) is 21.6. The molecule has 0 spiro atoms. The summed E-state index contributed by atoms with van der Waals surface area (Å²) in [5.41, 5.74) is 8.22. The van der Waals surface area contributed by atoms with Crippen LogP contribution in [0.5, 0.6) is 0 Å². The third kappa shape index (κ3) is 1.55. The van der Waals surface area contributed by atoms with E-state index in [1.807, 2.05) is 12.4 Å². The lowest BCUT2D eigenvalue weighted by molar-refractivity contribution is 0.507. The Kier molecular flexibility index (Phi) is 2.29. The smallest absolute Gasteiger partial charge is 0.139 e. The van der Waals surface area contributed by atoms with Gasteiger partial charge in [0, 0.05) is 42.6 Å². The molecular weight excluding hydrogens is 200 g/mol. The number of fused-ring (bicyclic) bond motifs is 1. The number of hydrogen-bond donors (Lipinski definition) is 2. The number of aromatic amines is 1. The van der Waals surface area contributed by atoms with Crippen LogP contribution in [0, 0.1) is 0 Å². The van der Waals surface area contributed by atoms with E-state index in [0.29, 0.717) is 6.04 Å². The summed E-state index contributed by atoms with van der Waals surface area (Å²) in [5.74, 6) is 0. The van der Waals surface area contributed by atoms with Gasteiger partial charge < -0.3 is 15.6 Å². The summed E-state index contributed by atoms with van der Waals surface area (Å²) in [6, 6.07) is 4.46. The van der Waals surface area contributed by atoms with Gasteiger partial charge in [0.05, 0.1) is 0 Å². The van der Waals surface area contributed by atoms with E-state index >= 15 is 0 Å². The molecule has 2 aromatic rings. The number of rotatable bonds is 1. The lowest BCUT2D eigenvalue weighted by atomic mass is 10.1. The van der Waals surface area contributed by atoms with Gasteiger partial charge in [-0.05, 0) is 25.0 Å². The highest BCUT2D eigenvalue weighted by molar-refractivity contribution is 5.89. The van der Waals surface area contributed by atoms with Gasteiger partial charge >= 0.3 is 0 Å². The highest BCUT2D eigenvalue weighted by Gasteiger charge is 2.18. The standard InChI is InChI=1S/C12H16N4/c13-9-2-1-7-16(8-9)11-4-6-15-12-10(11)3-5-14-12/h3-6,9H,1-2,7-8,13H2,(H,14,15)/t9-/m0/s1. The molecule has 0 aromatic carbocycles. The van der Waals surface area contributed by atoms with Gasteiger partial charge in [0.25, 0.3) is 0 Å². The Morgan fingerprint density at radius 3 is 3.25 bits per heavy atom. The van der Waals surface area contributed by atoms with E-state index in [9.17, 15) is 0 Å². The minimum absolute atomic E-state index is 0.302. The van der Waals surface area contributed by atoms with E-state index in [-0.39, 0.29) is 0 Å². The lowest BCUT2D eigenvalue weighted by Gasteiger charge is -2.32. The second-order valence-corrected chi connectivity index (χ2v) is 4.42. The molecule has 0 saturated carbocycles. The van der Waals surface area contributed by atoms with Crippen LogP contribution in [0.4, 0.5) is 5.69 Å². The zero-order chi connectivity index (χ0) is 11.0. The number of anilines is 1. The van der Waals surface area contributed by atoms with Crippen LogP contribution in [0.25, 0.3) is 11.0 Å². The third-order valence-electron chi connectivity index (χ3n) is 3.24. The van der Waals surface area contributed by atoms with Crippen molar-refractivity contribution >= 4 is 16.7 Å². The molecule has 1 fully saturated rings. The largest absolute Gasteiger partial charge is 0.369 e. The summed E-state index contributed by atoms with van der Waals surface area (Å²) in [7, 11) is 0. The highest BCUT2D eigenvalue weighted by atomic mass is 15.2. The monoisotopic (exact) mass is 216 g/mol. The molecule has 1 aliphatic rings. The second-order valence-electron chi connectivity index (χ2n) is 4.42. The maximum atomic E-state index is 6.02. The van der Waals surface area contributed by atoms with Gasteiger partial charge in [-0.3, -0.25) is 0 Å². The zero-order valence-corrected chi connectivity index (χ0v) is 9.19. The van der Waals surface area contributed by atoms with E-state index in [1.165, 1.54) is 17.5 Å². The fraction of sp³-hybridized carbons (Fsp3) is 0.417. The average molecular weight is 216 g/mol. The minimum atomic E-state index is 0.302. The highest BCUT2D eigenvalue weighted by Crippen LogP contribution is 2.26. The molecule has 1 atom stereocenters. The van der Waals surface area contributed by atoms with Gasteiger partial charge in [-0.2, -0.15) is 0 Å². The minimum Gasteiger partial charge on any atom is -0.369 e. The van der Waals surface area contributed by atoms with Crippen LogP contribution in [0.3, 0.4) is 0 Å². The molecule has 1 saturated heterocycles. The molecule has 0 radical (unpaired) electrons. The van der Waals surface area contributed by atoms with Crippen molar-refractivity contribution in [2.75, 3.05) is 18.0 Å². The number of aromatic nitrogens is 2. The molecule has 0 aliphatic carbocycles. The summed E-state index contributed by atoms with van der Waals surface area (Å²) >= 11 is 0. The van der Waals surface area contributed by atoms with Crippen molar-refractivity contribution in [3.63, 3.8) is 0 Å². The van der Waals surface area contributed by atoms with E-state index < -0.39 is 0 Å². The van der Waals surface area contributed by atoms with E-state index in [1.54, 1.807) is 0 Å². The van der Waals surface area contributed by atoms with Crippen LogP contribution in [0.1, 0.15) is 12.8 Å². The molecule has 0 amide bonds. The SMILES string of the molecule is N[C@H]1CCCN(c2ccnc3[nH]ccc23)C1. The van der Waals surface area contributed by atoms with Gasteiger partial charge in [-0.15, -0.1) is 0 Å². The number of pyridine rings is 1.